The van der Waals surface area contributed by atoms with Crippen molar-refractivity contribution in [1.29, 1.82) is 0 Å². The molecule has 76 valence electrons. The van der Waals surface area contributed by atoms with Crippen LogP contribution in [0.1, 0.15) is 27.2 Å². The number of hydrogen-bond acceptors (Lipinski definition) is 3. The summed E-state index contributed by atoms with van der Waals surface area (Å²) in [5.74, 6) is 0.633. The third-order valence-electron chi connectivity index (χ3n) is 2.63. The number of hydrogen-bond donors (Lipinski definition) is 0. The van der Waals surface area contributed by atoms with E-state index in [1.165, 1.54) is 6.42 Å². The lowest BCUT2D eigenvalue weighted by atomic mass is 10.2. The first-order chi connectivity index (χ1) is 6.15. The highest BCUT2D eigenvalue weighted by Crippen LogP contribution is 2.17. The fourth-order valence-electron chi connectivity index (χ4n) is 1.73. The summed E-state index contributed by atoms with van der Waals surface area (Å²) in [6.45, 7) is 8.53. The summed E-state index contributed by atoms with van der Waals surface area (Å²) in [6.07, 6.45) is 1.20. The zero-order chi connectivity index (χ0) is 9.84. The van der Waals surface area contributed by atoms with E-state index in [2.05, 4.69) is 11.8 Å². The van der Waals surface area contributed by atoms with Crippen LogP contribution in [0.25, 0.3) is 0 Å². The standard InChI is InChI=1S/C10H19NO2/c1-4-13-10(12)9(3)11-6-5-8(2)7-11/h8-9H,4-7H2,1-3H3. The van der Waals surface area contributed by atoms with Crippen LogP contribution in [0.2, 0.25) is 0 Å². The number of ether oxygens (including phenoxy) is 1. The van der Waals surface area contributed by atoms with Gasteiger partial charge in [0.05, 0.1) is 6.61 Å². The van der Waals surface area contributed by atoms with Gasteiger partial charge in [0.25, 0.3) is 0 Å². The average molecular weight is 185 g/mol. The SMILES string of the molecule is CCOC(=O)C(C)N1CCC(C)C1. The lowest BCUT2D eigenvalue weighted by Gasteiger charge is -2.21. The Kier molecular flexibility index (Phi) is 3.72. The Morgan fingerprint density at radius 1 is 1.69 bits per heavy atom. The number of carbonyl (C=O) groups is 1. The number of carbonyl (C=O) groups excluding carboxylic acids is 1. The molecule has 13 heavy (non-hydrogen) atoms. The Balaban J connectivity index is 2.38. The lowest BCUT2D eigenvalue weighted by Crippen LogP contribution is -2.38. The first-order valence-electron chi connectivity index (χ1n) is 5.05. The minimum atomic E-state index is -0.0865. The highest BCUT2D eigenvalue weighted by atomic mass is 16.5. The first-order valence-corrected chi connectivity index (χ1v) is 5.05. The van der Waals surface area contributed by atoms with Crippen molar-refractivity contribution in [3.63, 3.8) is 0 Å². The molecule has 0 radical (unpaired) electrons. The number of rotatable bonds is 3. The third-order valence-corrected chi connectivity index (χ3v) is 2.63. The summed E-state index contributed by atoms with van der Waals surface area (Å²) < 4.78 is 4.97. The molecule has 2 unspecified atom stereocenters. The minimum Gasteiger partial charge on any atom is -0.465 e. The second-order valence-electron chi connectivity index (χ2n) is 3.82. The van der Waals surface area contributed by atoms with Crippen LogP contribution in [0.15, 0.2) is 0 Å². The van der Waals surface area contributed by atoms with Gasteiger partial charge in [0.15, 0.2) is 0 Å². The molecule has 1 fully saturated rings. The van der Waals surface area contributed by atoms with Crippen LogP contribution >= 0.6 is 0 Å². The van der Waals surface area contributed by atoms with Gasteiger partial charge in [-0.25, -0.2) is 0 Å². The highest BCUT2D eigenvalue weighted by molar-refractivity contribution is 5.75. The maximum Gasteiger partial charge on any atom is 0.323 e. The van der Waals surface area contributed by atoms with Gasteiger partial charge in [-0.15, -0.1) is 0 Å². The average Bonchev–Trinajstić information content (AvgIpc) is 2.51. The number of likely N-dealkylation sites (tertiary alicyclic amines) is 1. The van der Waals surface area contributed by atoms with Gasteiger partial charge in [-0.2, -0.15) is 0 Å². The van der Waals surface area contributed by atoms with Gasteiger partial charge in [0.2, 0.25) is 0 Å². The van der Waals surface area contributed by atoms with Crippen molar-refractivity contribution in [2.24, 2.45) is 5.92 Å². The molecule has 2 atom stereocenters. The topological polar surface area (TPSA) is 29.5 Å². The van der Waals surface area contributed by atoms with E-state index in [4.69, 9.17) is 4.74 Å². The molecule has 3 heteroatoms. The van der Waals surface area contributed by atoms with E-state index in [9.17, 15) is 4.79 Å². The molecule has 0 saturated carbocycles. The summed E-state index contributed by atoms with van der Waals surface area (Å²) in [7, 11) is 0. The second kappa shape index (κ2) is 4.61. The fraction of sp³-hybridized carbons (Fsp3) is 0.900. The van der Waals surface area contributed by atoms with Gasteiger partial charge in [-0.1, -0.05) is 6.92 Å². The molecule has 0 aliphatic carbocycles. The van der Waals surface area contributed by atoms with Crippen molar-refractivity contribution in [2.75, 3.05) is 19.7 Å². The Labute approximate surface area is 80.1 Å². The zero-order valence-electron chi connectivity index (χ0n) is 8.75. The van der Waals surface area contributed by atoms with Crippen LogP contribution in [0.5, 0.6) is 0 Å². The molecular formula is C10H19NO2. The number of esters is 1. The molecule has 0 aromatic rings. The summed E-state index contributed by atoms with van der Waals surface area (Å²) in [6, 6.07) is -0.0649. The summed E-state index contributed by atoms with van der Waals surface area (Å²) in [4.78, 5) is 13.6. The predicted molar refractivity (Wildman–Crippen MR) is 51.4 cm³/mol. The quantitative estimate of drug-likeness (QED) is 0.620. The molecule has 3 nitrogen and oxygen atoms in total. The molecule has 1 saturated heterocycles. The predicted octanol–water partition coefficient (Wildman–Crippen LogP) is 1.28. The zero-order valence-corrected chi connectivity index (χ0v) is 8.75. The van der Waals surface area contributed by atoms with Gasteiger partial charge >= 0.3 is 5.97 Å². The Bertz CT molecular complexity index is 182. The molecule has 0 N–H and O–H groups in total. The van der Waals surface area contributed by atoms with Crippen LogP contribution in [-0.4, -0.2) is 36.6 Å². The van der Waals surface area contributed by atoms with Crippen LogP contribution in [0, 0.1) is 5.92 Å². The largest absolute Gasteiger partial charge is 0.465 e. The molecule has 0 aromatic heterocycles. The molecular weight excluding hydrogens is 166 g/mol. The molecule has 0 aromatic carbocycles. The van der Waals surface area contributed by atoms with Crippen molar-refractivity contribution < 1.29 is 9.53 Å². The molecule has 1 heterocycles. The Morgan fingerprint density at radius 2 is 2.38 bits per heavy atom. The van der Waals surface area contributed by atoms with E-state index in [-0.39, 0.29) is 12.0 Å². The normalized spacial score (nSPS) is 25.9. The Morgan fingerprint density at radius 3 is 2.85 bits per heavy atom. The molecule has 0 bridgehead atoms. The van der Waals surface area contributed by atoms with Crippen LogP contribution < -0.4 is 0 Å². The van der Waals surface area contributed by atoms with E-state index in [0.717, 1.165) is 19.0 Å². The van der Waals surface area contributed by atoms with Crippen LogP contribution in [-0.2, 0) is 9.53 Å². The molecule has 1 aliphatic rings. The van der Waals surface area contributed by atoms with Gasteiger partial charge in [-0.05, 0) is 32.7 Å². The van der Waals surface area contributed by atoms with E-state index in [0.29, 0.717) is 6.61 Å². The van der Waals surface area contributed by atoms with Crippen molar-refractivity contribution >= 4 is 5.97 Å². The summed E-state index contributed by atoms with van der Waals surface area (Å²) in [5.41, 5.74) is 0. The first kappa shape index (κ1) is 10.5. The van der Waals surface area contributed by atoms with E-state index in [1.54, 1.807) is 0 Å². The van der Waals surface area contributed by atoms with Crippen LogP contribution in [0.4, 0.5) is 0 Å². The summed E-state index contributed by atoms with van der Waals surface area (Å²) in [5, 5.41) is 0. The van der Waals surface area contributed by atoms with Crippen LogP contribution in [0.3, 0.4) is 0 Å². The minimum absolute atomic E-state index is 0.0649. The van der Waals surface area contributed by atoms with Crippen molar-refractivity contribution in [3.05, 3.63) is 0 Å². The van der Waals surface area contributed by atoms with E-state index in [1.807, 2.05) is 13.8 Å². The molecule has 0 amide bonds. The fourth-order valence-corrected chi connectivity index (χ4v) is 1.73. The smallest absolute Gasteiger partial charge is 0.323 e. The van der Waals surface area contributed by atoms with E-state index >= 15 is 0 Å². The van der Waals surface area contributed by atoms with Gasteiger partial charge in [0, 0.05) is 6.54 Å². The van der Waals surface area contributed by atoms with E-state index < -0.39 is 0 Å². The number of nitrogens with zero attached hydrogens (tertiary/aromatic N) is 1. The second-order valence-corrected chi connectivity index (χ2v) is 3.82. The lowest BCUT2D eigenvalue weighted by molar-refractivity contribution is -0.148. The van der Waals surface area contributed by atoms with Gasteiger partial charge in [0.1, 0.15) is 6.04 Å². The maximum atomic E-state index is 11.4. The molecule has 1 aliphatic heterocycles. The van der Waals surface area contributed by atoms with Crippen molar-refractivity contribution in [1.82, 2.24) is 4.90 Å². The molecule has 1 rings (SSSR count). The highest BCUT2D eigenvalue weighted by Gasteiger charge is 2.27. The Hall–Kier alpha value is -0.570. The summed E-state index contributed by atoms with van der Waals surface area (Å²) >= 11 is 0. The molecule has 0 spiro atoms. The monoisotopic (exact) mass is 185 g/mol. The third kappa shape index (κ3) is 2.69. The van der Waals surface area contributed by atoms with Gasteiger partial charge in [-0.3, -0.25) is 9.69 Å². The van der Waals surface area contributed by atoms with Crippen molar-refractivity contribution in [3.8, 4) is 0 Å². The van der Waals surface area contributed by atoms with Gasteiger partial charge < -0.3 is 4.74 Å². The maximum absolute atomic E-state index is 11.4. The van der Waals surface area contributed by atoms with Crippen molar-refractivity contribution in [2.45, 2.75) is 33.2 Å².